The standard InChI is InChI=1S/C19H24FN3O2S/c1-22(2)19-21-10-15(26-19)12-23-8-4-5-13(11-23)18(24)16-9-14(20)6-7-17(16)25-3/h6-7,9-10,13H,4-5,8,11-12H2,1-3H3. The van der Waals surface area contributed by atoms with E-state index in [2.05, 4.69) is 9.88 Å². The van der Waals surface area contributed by atoms with Gasteiger partial charge in [0.1, 0.15) is 11.6 Å². The molecule has 5 nitrogen and oxygen atoms in total. The van der Waals surface area contributed by atoms with Crippen LogP contribution in [0.25, 0.3) is 0 Å². The molecular weight excluding hydrogens is 353 g/mol. The summed E-state index contributed by atoms with van der Waals surface area (Å²) in [6.45, 7) is 2.42. The van der Waals surface area contributed by atoms with Crippen molar-refractivity contribution in [2.24, 2.45) is 5.92 Å². The summed E-state index contributed by atoms with van der Waals surface area (Å²) in [7, 11) is 5.46. The lowest BCUT2D eigenvalue weighted by Gasteiger charge is -2.31. The Hall–Kier alpha value is -1.99. The number of anilines is 1. The molecule has 140 valence electrons. The lowest BCUT2D eigenvalue weighted by Crippen LogP contribution is -2.38. The number of likely N-dealkylation sites (tertiary alicyclic amines) is 1. The van der Waals surface area contributed by atoms with Crippen LogP contribution in [0, 0.1) is 11.7 Å². The van der Waals surface area contributed by atoms with Gasteiger partial charge in [0.15, 0.2) is 10.9 Å². The average Bonchev–Trinajstić information content (AvgIpc) is 3.10. The fraction of sp³-hybridized carbons (Fsp3) is 0.474. The van der Waals surface area contributed by atoms with Crippen molar-refractivity contribution >= 4 is 22.3 Å². The minimum absolute atomic E-state index is 0.0377. The van der Waals surface area contributed by atoms with E-state index in [1.165, 1.54) is 30.2 Å². The van der Waals surface area contributed by atoms with Crippen LogP contribution in [0.2, 0.25) is 0 Å². The summed E-state index contributed by atoms with van der Waals surface area (Å²) in [4.78, 5) is 22.8. The van der Waals surface area contributed by atoms with Crippen LogP contribution in [0.4, 0.5) is 9.52 Å². The molecule has 7 heteroatoms. The number of ether oxygens (including phenoxy) is 1. The molecule has 2 aromatic rings. The molecule has 0 N–H and O–H groups in total. The molecule has 0 amide bonds. The van der Waals surface area contributed by atoms with E-state index < -0.39 is 5.82 Å². The second kappa shape index (κ2) is 8.14. The molecule has 2 heterocycles. The van der Waals surface area contributed by atoms with Gasteiger partial charge in [-0.05, 0) is 37.6 Å². The highest BCUT2D eigenvalue weighted by atomic mass is 32.1. The van der Waals surface area contributed by atoms with E-state index in [4.69, 9.17) is 4.74 Å². The largest absolute Gasteiger partial charge is 0.496 e. The smallest absolute Gasteiger partial charge is 0.185 e. The third-order valence-corrected chi connectivity index (χ3v) is 5.76. The molecule has 1 aromatic carbocycles. The molecule has 1 aliphatic heterocycles. The number of hydrogen-bond donors (Lipinski definition) is 0. The molecule has 1 unspecified atom stereocenters. The normalized spacial score (nSPS) is 17.9. The van der Waals surface area contributed by atoms with Crippen molar-refractivity contribution in [2.75, 3.05) is 39.2 Å². The van der Waals surface area contributed by atoms with Crippen LogP contribution < -0.4 is 9.64 Å². The number of aromatic nitrogens is 1. The molecule has 0 radical (unpaired) electrons. The zero-order valence-electron chi connectivity index (χ0n) is 15.4. The predicted molar refractivity (Wildman–Crippen MR) is 102 cm³/mol. The Kier molecular flexibility index (Phi) is 5.88. The first-order chi connectivity index (χ1) is 12.5. The number of Topliss-reactive ketones (excluding diaryl/α,β-unsaturated/α-hetero) is 1. The zero-order chi connectivity index (χ0) is 18.7. The Morgan fingerprint density at radius 3 is 2.96 bits per heavy atom. The maximum Gasteiger partial charge on any atom is 0.185 e. The Morgan fingerprint density at radius 2 is 2.27 bits per heavy atom. The average molecular weight is 377 g/mol. The van der Waals surface area contributed by atoms with Crippen molar-refractivity contribution in [1.29, 1.82) is 0 Å². The maximum atomic E-state index is 13.6. The van der Waals surface area contributed by atoms with Crippen molar-refractivity contribution < 1.29 is 13.9 Å². The predicted octanol–water partition coefficient (Wildman–Crippen LogP) is 3.45. The number of ketones is 1. The first kappa shape index (κ1) is 18.8. The molecule has 1 aromatic heterocycles. The molecule has 0 aliphatic carbocycles. The van der Waals surface area contributed by atoms with E-state index in [1.54, 1.807) is 11.3 Å². The number of halogens is 1. The van der Waals surface area contributed by atoms with Crippen LogP contribution in [0.15, 0.2) is 24.4 Å². The SMILES string of the molecule is COc1ccc(F)cc1C(=O)C1CCCN(Cc2cnc(N(C)C)s2)C1. The van der Waals surface area contributed by atoms with Crippen LogP contribution in [-0.4, -0.2) is 50.0 Å². The first-order valence-corrected chi connectivity index (χ1v) is 9.51. The van der Waals surface area contributed by atoms with Crippen molar-refractivity contribution in [3.05, 3.63) is 40.7 Å². The number of benzene rings is 1. The summed E-state index contributed by atoms with van der Waals surface area (Å²) in [5, 5.41) is 0.981. The highest BCUT2D eigenvalue weighted by molar-refractivity contribution is 7.15. The number of methoxy groups -OCH3 is 1. The van der Waals surface area contributed by atoms with E-state index >= 15 is 0 Å². The third-order valence-electron chi connectivity index (χ3n) is 4.61. The van der Waals surface area contributed by atoms with Gasteiger partial charge in [0, 0.05) is 44.2 Å². The van der Waals surface area contributed by atoms with Gasteiger partial charge < -0.3 is 9.64 Å². The van der Waals surface area contributed by atoms with Crippen LogP contribution in [0.5, 0.6) is 5.75 Å². The van der Waals surface area contributed by atoms with E-state index in [0.717, 1.165) is 31.1 Å². The number of nitrogens with zero attached hydrogens (tertiary/aromatic N) is 3. The topological polar surface area (TPSA) is 45.7 Å². The van der Waals surface area contributed by atoms with Crippen LogP contribution >= 0.6 is 11.3 Å². The Balaban J connectivity index is 1.69. The number of carbonyl (C=O) groups is 1. The monoisotopic (exact) mass is 377 g/mol. The van der Waals surface area contributed by atoms with Crippen molar-refractivity contribution in [2.45, 2.75) is 19.4 Å². The van der Waals surface area contributed by atoms with Gasteiger partial charge in [0.2, 0.25) is 0 Å². The number of thiazole rings is 1. The second-order valence-electron chi connectivity index (χ2n) is 6.79. The second-order valence-corrected chi connectivity index (χ2v) is 7.88. The zero-order valence-corrected chi connectivity index (χ0v) is 16.2. The summed E-state index contributed by atoms with van der Waals surface area (Å²) in [6, 6.07) is 4.12. The minimum atomic E-state index is -0.414. The highest BCUT2D eigenvalue weighted by Crippen LogP contribution is 2.29. The molecule has 1 aliphatic rings. The number of piperidine rings is 1. The van der Waals surface area contributed by atoms with Gasteiger partial charge in [-0.3, -0.25) is 9.69 Å². The van der Waals surface area contributed by atoms with Gasteiger partial charge in [0.05, 0.1) is 12.7 Å². The van der Waals surface area contributed by atoms with Crippen LogP contribution in [-0.2, 0) is 6.54 Å². The Bertz CT molecular complexity index is 778. The van der Waals surface area contributed by atoms with Crippen molar-refractivity contribution in [1.82, 2.24) is 9.88 Å². The van der Waals surface area contributed by atoms with E-state index in [9.17, 15) is 9.18 Å². The Morgan fingerprint density at radius 1 is 1.46 bits per heavy atom. The minimum Gasteiger partial charge on any atom is -0.496 e. The lowest BCUT2D eigenvalue weighted by molar-refractivity contribution is 0.0809. The van der Waals surface area contributed by atoms with Gasteiger partial charge in [-0.25, -0.2) is 9.37 Å². The molecule has 0 saturated carbocycles. The summed E-state index contributed by atoms with van der Waals surface area (Å²) in [6.07, 6.45) is 3.68. The van der Waals surface area contributed by atoms with Gasteiger partial charge >= 0.3 is 0 Å². The van der Waals surface area contributed by atoms with Crippen LogP contribution in [0.1, 0.15) is 28.1 Å². The van der Waals surface area contributed by atoms with Crippen molar-refractivity contribution in [3.63, 3.8) is 0 Å². The fourth-order valence-corrected chi connectivity index (χ4v) is 4.18. The van der Waals surface area contributed by atoms with E-state index in [1.807, 2.05) is 25.2 Å². The highest BCUT2D eigenvalue weighted by Gasteiger charge is 2.29. The summed E-state index contributed by atoms with van der Waals surface area (Å²) in [5.74, 6) is -0.153. The van der Waals surface area contributed by atoms with Crippen molar-refractivity contribution in [3.8, 4) is 5.75 Å². The molecule has 26 heavy (non-hydrogen) atoms. The molecule has 1 fully saturated rings. The molecule has 0 spiro atoms. The van der Waals surface area contributed by atoms with Gasteiger partial charge in [0.25, 0.3) is 0 Å². The first-order valence-electron chi connectivity index (χ1n) is 8.70. The molecular formula is C19H24FN3O2S. The van der Waals surface area contributed by atoms with Crippen LogP contribution in [0.3, 0.4) is 0 Å². The quantitative estimate of drug-likeness (QED) is 0.722. The number of rotatable bonds is 6. The van der Waals surface area contributed by atoms with Gasteiger partial charge in [-0.2, -0.15) is 0 Å². The summed E-state index contributed by atoms with van der Waals surface area (Å²) in [5.41, 5.74) is 0.340. The Labute approximate surface area is 157 Å². The molecule has 1 atom stereocenters. The molecule has 3 rings (SSSR count). The fourth-order valence-electron chi connectivity index (χ4n) is 3.30. The number of carbonyl (C=O) groups excluding carboxylic acids is 1. The maximum absolute atomic E-state index is 13.6. The van der Waals surface area contributed by atoms with Gasteiger partial charge in [-0.1, -0.05) is 0 Å². The van der Waals surface area contributed by atoms with Gasteiger partial charge in [-0.15, -0.1) is 11.3 Å². The van der Waals surface area contributed by atoms with E-state index in [0.29, 0.717) is 17.9 Å². The number of hydrogen-bond acceptors (Lipinski definition) is 6. The molecule has 1 saturated heterocycles. The molecule has 0 bridgehead atoms. The summed E-state index contributed by atoms with van der Waals surface area (Å²) >= 11 is 1.67. The lowest BCUT2D eigenvalue weighted by atomic mass is 9.89. The summed E-state index contributed by atoms with van der Waals surface area (Å²) < 4.78 is 18.9. The third kappa shape index (κ3) is 4.22. The van der Waals surface area contributed by atoms with E-state index in [-0.39, 0.29) is 11.7 Å².